The van der Waals surface area contributed by atoms with E-state index in [-0.39, 0.29) is 5.19 Å². The van der Waals surface area contributed by atoms with Gasteiger partial charge in [0.2, 0.25) is 0 Å². The maximum atomic E-state index is 6.74. The molecular formula is C4H4BrNOS. The van der Waals surface area contributed by atoms with Crippen LogP contribution in [-0.4, -0.2) is 12.0 Å². The molecule has 0 unspecified atom stereocenters. The third kappa shape index (κ3) is 1.20. The molecule has 1 rings (SSSR count). The van der Waals surface area contributed by atoms with Crippen molar-refractivity contribution in [2.75, 3.05) is 7.04 Å². The Morgan fingerprint density at radius 3 is 3.50 bits per heavy atom. The molecule has 0 saturated heterocycles. The Hall–Kier alpha value is -0.0900. The molecule has 0 aliphatic rings. The lowest BCUT2D eigenvalue weighted by atomic mass is 11.0. The van der Waals surface area contributed by atoms with Crippen LogP contribution in [0.25, 0.3) is 0 Å². The van der Waals surface area contributed by atoms with E-state index in [1.54, 1.807) is 0 Å². The van der Waals surface area contributed by atoms with E-state index in [0.717, 1.165) is 15.1 Å². The summed E-state index contributed by atoms with van der Waals surface area (Å²) in [5, 5.41) is 0.150. The van der Waals surface area contributed by atoms with Crippen LogP contribution in [0.4, 0.5) is 0 Å². The third-order valence-corrected chi connectivity index (χ3v) is 1.90. The first kappa shape index (κ1) is 3.17. The number of methoxy groups -OCH3 is 1. The smallest absolute Gasteiger partial charge is 0.273 e. The van der Waals surface area contributed by atoms with Crippen molar-refractivity contribution >= 4 is 27.3 Å². The third-order valence-electron chi connectivity index (χ3n) is 0.544. The van der Waals surface area contributed by atoms with Crippen LogP contribution < -0.4 is 4.74 Å². The van der Waals surface area contributed by atoms with Crippen molar-refractivity contribution in [3.05, 3.63) is 9.98 Å². The number of aromatic nitrogens is 1. The Morgan fingerprint density at radius 1 is 2.12 bits per heavy atom. The molecule has 0 radical (unpaired) electrons. The lowest BCUT2D eigenvalue weighted by molar-refractivity contribution is 0.412. The summed E-state index contributed by atoms with van der Waals surface area (Å²) >= 11 is 4.27. The lowest BCUT2D eigenvalue weighted by Crippen LogP contribution is -1.76. The Bertz CT molecular complexity index is 248. The summed E-state index contributed by atoms with van der Waals surface area (Å²) in [6.07, 6.45) is 1.49. The van der Waals surface area contributed by atoms with Crippen LogP contribution in [0.5, 0.6) is 5.19 Å². The second-order valence-corrected chi connectivity index (χ2v) is 3.40. The summed E-state index contributed by atoms with van der Waals surface area (Å²) < 4.78 is 25.5. The number of hydrogen-bond donors (Lipinski definition) is 0. The minimum atomic E-state index is -2.41. The van der Waals surface area contributed by atoms with Crippen LogP contribution in [0, 0.1) is 0 Å². The Kier molecular flexibility index (Phi) is 0.975. The Labute approximate surface area is 63.9 Å². The summed E-state index contributed by atoms with van der Waals surface area (Å²) in [5.41, 5.74) is 0. The number of nitrogens with zero attached hydrogens (tertiary/aromatic N) is 1. The van der Waals surface area contributed by atoms with Gasteiger partial charge < -0.3 is 4.74 Å². The first-order chi connectivity index (χ1) is 4.97. The van der Waals surface area contributed by atoms with Crippen molar-refractivity contribution in [3.8, 4) is 5.19 Å². The van der Waals surface area contributed by atoms with Crippen molar-refractivity contribution in [3.63, 3.8) is 0 Å². The molecule has 0 saturated carbocycles. The fraction of sp³-hybridized carbons (Fsp3) is 0.250. The van der Waals surface area contributed by atoms with E-state index in [1.807, 2.05) is 0 Å². The van der Waals surface area contributed by atoms with Gasteiger partial charge in [0.25, 0.3) is 5.19 Å². The second kappa shape index (κ2) is 2.46. The highest BCUT2D eigenvalue weighted by atomic mass is 79.9. The van der Waals surface area contributed by atoms with E-state index in [9.17, 15) is 0 Å². The second-order valence-electron chi connectivity index (χ2n) is 1.03. The number of thiazole rings is 1. The largest absolute Gasteiger partial charge is 0.473 e. The summed E-state index contributed by atoms with van der Waals surface area (Å²) in [4.78, 5) is 3.69. The van der Waals surface area contributed by atoms with Gasteiger partial charge in [-0.05, 0) is 15.9 Å². The molecule has 4 heteroatoms. The molecule has 0 amide bonds. The van der Waals surface area contributed by atoms with E-state index < -0.39 is 7.04 Å². The lowest BCUT2D eigenvalue weighted by Gasteiger charge is -1.84. The molecule has 0 spiro atoms. The van der Waals surface area contributed by atoms with Gasteiger partial charge >= 0.3 is 0 Å². The monoisotopic (exact) mass is 196 g/mol. The molecule has 0 aliphatic carbocycles. The Balaban J connectivity index is 2.65. The van der Waals surface area contributed by atoms with Crippen LogP contribution >= 0.6 is 27.3 Å². The highest BCUT2D eigenvalue weighted by Gasteiger charge is 1.94. The molecule has 0 atom stereocenters. The molecule has 0 bridgehead atoms. The van der Waals surface area contributed by atoms with Crippen LogP contribution in [0.2, 0.25) is 0 Å². The highest BCUT2D eigenvalue weighted by Crippen LogP contribution is 2.24. The maximum Gasteiger partial charge on any atom is 0.273 e. The van der Waals surface area contributed by atoms with Crippen LogP contribution in [0.1, 0.15) is 4.11 Å². The van der Waals surface area contributed by atoms with Gasteiger partial charge in [-0.3, -0.25) is 0 Å². The number of ether oxygens (including phenoxy) is 1. The molecule has 8 heavy (non-hydrogen) atoms. The average molecular weight is 197 g/mol. The molecule has 1 heterocycles. The molecule has 44 valence electrons. The van der Waals surface area contributed by atoms with E-state index in [0.29, 0.717) is 0 Å². The topological polar surface area (TPSA) is 22.1 Å². The fourth-order valence-corrected chi connectivity index (χ4v) is 1.22. The van der Waals surface area contributed by atoms with Crippen LogP contribution in [0.15, 0.2) is 9.98 Å². The average Bonchev–Trinajstić information content (AvgIpc) is 2.10. The highest BCUT2D eigenvalue weighted by molar-refractivity contribution is 9.11. The van der Waals surface area contributed by atoms with Crippen molar-refractivity contribution in [2.24, 2.45) is 0 Å². The van der Waals surface area contributed by atoms with Crippen molar-refractivity contribution < 1.29 is 8.85 Å². The van der Waals surface area contributed by atoms with Crippen molar-refractivity contribution in [1.29, 1.82) is 0 Å². The minimum Gasteiger partial charge on any atom is -0.473 e. The maximum absolute atomic E-state index is 6.74. The fourth-order valence-electron chi connectivity index (χ4n) is 0.287. The first-order valence-electron chi connectivity index (χ1n) is 3.28. The van der Waals surface area contributed by atoms with Crippen LogP contribution in [0.3, 0.4) is 0 Å². The molecule has 1 aromatic heterocycles. The SMILES string of the molecule is [2H]C([2H])([2H])Oc1ncc(Br)s1. The molecule has 2 nitrogen and oxygen atoms in total. The number of rotatable bonds is 1. The normalized spacial score (nSPS) is 16.4. The zero-order valence-electron chi connectivity index (χ0n) is 6.72. The molecule has 0 aliphatic heterocycles. The van der Waals surface area contributed by atoms with E-state index in [1.165, 1.54) is 6.20 Å². The van der Waals surface area contributed by atoms with Gasteiger partial charge in [-0.2, -0.15) is 0 Å². The number of hydrogen-bond acceptors (Lipinski definition) is 3. The van der Waals surface area contributed by atoms with Gasteiger partial charge in [-0.15, -0.1) is 0 Å². The van der Waals surface area contributed by atoms with E-state index in [2.05, 4.69) is 25.7 Å². The van der Waals surface area contributed by atoms with Gasteiger partial charge in [0.1, 0.15) is 0 Å². The summed E-state index contributed by atoms with van der Waals surface area (Å²) in [5.74, 6) is 0. The predicted molar refractivity (Wildman–Crippen MR) is 36.4 cm³/mol. The predicted octanol–water partition coefficient (Wildman–Crippen LogP) is 1.91. The quantitative estimate of drug-likeness (QED) is 0.686. The van der Waals surface area contributed by atoms with Gasteiger partial charge in [-0.1, -0.05) is 11.3 Å². The van der Waals surface area contributed by atoms with Crippen molar-refractivity contribution in [2.45, 2.75) is 0 Å². The molecule has 0 N–H and O–H groups in total. The zero-order valence-corrected chi connectivity index (χ0v) is 6.12. The number of halogens is 1. The standard InChI is InChI=1S/C4H4BrNOS/c1-7-4-6-2-3(5)8-4/h2H,1H3/i1D3. The Morgan fingerprint density at radius 2 is 3.00 bits per heavy atom. The first-order valence-corrected chi connectivity index (χ1v) is 3.39. The van der Waals surface area contributed by atoms with Gasteiger partial charge in [0.05, 0.1) is 21.1 Å². The van der Waals surface area contributed by atoms with Gasteiger partial charge in [0.15, 0.2) is 0 Å². The minimum absolute atomic E-state index is 0.150. The van der Waals surface area contributed by atoms with E-state index in [4.69, 9.17) is 4.11 Å². The summed E-state index contributed by atoms with van der Waals surface area (Å²) in [6.45, 7) is 0. The van der Waals surface area contributed by atoms with Crippen molar-refractivity contribution in [1.82, 2.24) is 4.98 Å². The van der Waals surface area contributed by atoms with Crippen LogP contribution in [-0.2, 0) is 0 Å². The van der Waals surface area contributed by atoms with Gasteiger partial charge in [0, 0.05) is 0 Å². The summed E-state index contributed by atoms with van der Waals surface area (Å²) in [6, 6.07) is 0. The van der Waals surface area contributed by atoms with Gasteiger partial charge in [-0.25, -0.2) is 4.98 Å². The summed E-state index contributed by atoms with van der Waals surface area (Å²) in [7, 11) is -2.41. The molecule has 1 aromatic rings. The molecule has 0 fully saturated rings. The zero-order chi connectivity index (χ0) is 8.48. The van der Waals surface area contributed by atoms with E-state index >= 15 is 0 Å². The molecular weight excluding hydrogens is 190 g/mol. The molecule has 0 aromatic carbocycles.